The predicted molar refractivity (Wildman–Crippen MR) is 41.9 cm³/mol. The summed E-state index contributed by atoms with van der Waals surface area (Å²) in [6.07, 6.45) is 4.45. The summed E-state index contributed by atoms with van der Waals surface area (Å²) in [5, 5.41) is 4.25. The molecule has 0 atom stereocenters. The molecule has 2 nitrogen and oxygen atoms in total. The fraction of sp³-hybridized carbons (Fsp3) is 0.625. The van der Waals surface area contributed by atoms with Crippen LogP contribution < -0.4 is 0 Å². The van der Waals surface area contributed by atoms with Crippen LogP contribution in [-0.4, -0.2) is 9.78 Å². The maximum Gasteiger partial charge on any atom is 0.0625 e. The molecule has 1 heterocycles. The van der Waals surface area contributed by atoms with Crippen LogP contribution in [0.15, 0.2) is 6.20 Å². The molecule has 0 aromatic carbocycles. The van der Waals surface area contributed by atoms with Crippen molar-refractivity contribution < 1.29 is 0 Å². The van der Waals surface area contributed by atoms with E-state index in [4.69, 9.17) is 0 Å². The molecular weight excluding hydrogens is 124 g/mol. The number of aryl methyl sites for hydroxylation is 3. The Labute approximate surface area is 61.9 Å². The molecule has 56 valence electrons. The first-order valence-corrected chi connectivity index (χ1v) is 3.73. The van der Waals surface area contributed by atoms with Gasteiger partial charge in [0.05, 0.1) is 5.69 Å². The Morgan fingerprint density at radius 1 is 1.60 bits per heavy atom. The Balaban J connectivity index is 2.81. The first-order chi connectivity index (χ1) is 4.74. The van der Waals surface area contributed by atoms with E-state index in [0.717, 1.165) is 6.42 Å². The molecular formula is C8H14N2. The van der Waals surface area contributed by atoms with E-state index in [1.807, 2.05) is 11.7 Å². The summed E-state index contributed by atoms with van der Waals surface area (Å²) < 4.78 is 1.88. The minimum Gasteiger partial charge on any atom is -0.275 e. The molecule has 0 aliphatic carbocycles. The zero-order valence-electron chi connectivity index (χ0n) is 6.89. The third-order valence-electron chi connectivity index (χ3n) is 1.63. The number of aromatic nitrogens is 2. The molecule has 0 spiro atoms. The van der Waals surface area contributed by atoms with E-state index >= 15 is 0 Å². The van der Waals surface area contributed by atoms with Gasteiger partial charge in [-0.3, -0.25) is 4.68 Å². The molecule has 0 saturated heterocycles. The zero-order chi connectivity index (χ0) is 7.56. The molecule has 0 N–H and O–H groups in total. The lowest BCUT2D eigenvalue weighted by atomic mass is 10.2. The highest BCUT2D eigenvalue weighted by Crippen LogP contribution is 2.06. The molecule has 0 bridgehead atoms. The third kappa shape index (κ3) is 1.38. The van der Waals surface area contributed by atoms with Crippen molar-refractivity contribution in [2.75, 3.05) is 0 Å². The number of rotatable bonds is 2. The number of nitrogens with zero attached hydrogens (tertiary/aromatic N) is 2. The Bertz CT molecular complexity index is 213. The van der Waals surface area contributed by atoms with Gasteiger partial charge in [0.15, 0.2) is 0 Å². The molecule has 1 aromatic heterocycles. The van der Waals surface area contributed by atoms with Crippen molar-refractivity contribution in [1.82, 2.24) is 9.78 Å². The lowest BCUT2D eigenvalue weighted by Crippen LogP contribution is -1.86. The Hall–Kier alpha value is -0.790. The molecule has 2 heteroatoms. The minimum absolute atomic E-state index is 1.15. The maximum absolute atomic E-state index is 4.25. The standard InChI is InChI=1S/C8H14N2/c1-4-5-8-6-10(3)9-7(8)2/h6H,4-5H2,1-3H3. The molecule has 1 rings (SSSR count). The van der Waals surface area contributed by atoms with Gasteiger partial charge in [-0.25, -0.2) is 0 Å². The summed E-state index contributed by atoms with van der Waals surface area (Å²) >= 11 is 0. The quantitative estimate of drug-likeness (QED) is 0.608. The zero-order valence-corrected chi connectivity index (χ0v) is 6.89. The Morgan fingerprint density at radius 3 is 2.70 bits per heavy atom. The largest absolute Gasteiger partial charge is 0.275 e. The normalized spacial score (nSPS) is 10.3. The summed E-state index contributed by atoms with van der Waals surface area (Å²) in [4.78, 5) is 0. The van der Waals surface area contributed by atoms with Gasteiger partial charge >= 0.3 is 0 Å². The van der Waals surface area contributed by atoms with E-state index in [0.29, 0.717) is 0 Å². The first-order valence-electron chi connectivity index (χ1n) is 3.73. The lowest BCUT2D eigenvalue weighted by molar-refractivity contribution is 0.756. The average Bonchev–Trinajstić information content (AvgIpc) is 2.13. The van der Waals surface area contributed by atoms with Crippen molar-refractivity contribution in [3.05, 3.63) is 17.5 Å². The van der Waals surface area contributed by atoms with Crippen molar-refractivity contribution >= 4 is 0 Å². The van der Waals surface area contributed by atoms with Gasteiger partial charge in [-0.05, 0) is 18.9 Å². The maximum atomic E-state index is 4.25. The van der Waals surface area contributed by atoms with Crippen LogP contribution in [0.4, 0.5) is 0 Å². The van der Waals surface area contributed by atoms with Crippen LogP contribution in [0.5, 0.6) is 0 Å². The van der Waals surface area contributed by atoms with Gasteiger partial charge in [-0.2, -0.15) is 5.10 Å². The van der Waals surface area contributed by atoms with Crippen LogP contribution in [0.1, 0.15) is 24.6 Å². The van der Waals surface area contributed by atoms with Gasteiger partial charge in [0.25, 0.3) is 0 Å². The van der Waals surface area contributed by atoms with E-state index < -0.39 is 0 Å². The van der Waals surface area contributed by atoms with E-state index in [1.54, 1.807) is 0 Å². The Morgan fingerprint density at radius 2 is 2.30 bits per heavy atom. The van der Waals surface area contributed by atoms with Crippen LogP contribution in [0.2, 0.25) is 0 Å². The SMILES string of the molecule is CCCc1cn(C)nc1C. The molecule has 0 unspecified atom stereocenters. The second-order valence-electron chi connectivity index (χ2n) is 2.66. The van der Waals surface area contributed by atoms with Gasteiger partial charge in [0.1, 0.15) is 0 Å². The van der Waals surface area contributed by atoms with Crippen molar-refractivity contribution in [3.8, 4) is 0 Å². The number of hydrogen-bond donors (Lipinski definition) is 0. The van der Waals surface area contributed by atoms with Crippen molar-refractivity contribution in [2.24, 2.45) is 7.05 Å². The number of hydrogen-bond acceptors (Lipinski definition) is 1. The fourth-order valence-corrected chi connectivity index (χ4v) is 1.16. The van der Waals surface area contributed by atoms with Crippen molar-refractivity contribution in [3.63, 3.8) is 0 Å². The van der Waals surface area contributed by atoms with Crippen LogP contribution in [-0.2, 0) is 13.5 Å². The first kappa shape index (κ1) is 7.32. The van der Waals surface area contributed by atoms with Gasteiger partial charge in [0, 0.05) is 13.2 Å². The summed E-state index contributed by atoms with van der Waals surface area (Å²) in [6, 6.07) is 0. The molecule has 0 saturated carbocycles. The summed E-state index contributed by atoms with van der Waals surface area (Å²) in [5.74, 6) is 0. The summed E-state index contributed by atoms with van der Waals surface area (Å²) in [7, 11) is 1.96. The van der Waals surface area contributed by atoms with E-state index in [2.05, 4.69) is 25.1 Å². The van der Waals surface area contributed by atoms with Gasteiger partial charge in [-0.15, -0.1) is 0 Å². The van der Waals surface area contributed by atoms with E-state index in [1.165, 1.54) is 17.7 Å². The highest BCUT2D eigenvalue weighted by atomic mass is 15.2. The van der Waals surface area contributed by atoms with Crippen LogP contribution in [0.25, 0.3) is 0 Å². The highest BCUT2D eigenvalue weighted by Gasteiger charge is 1.99. The summed E-state index contributed by atoms with van der Waals surface area (Å²) in [6.45, 7) is 4.25. The molecule has 0 radical (unpaired) electrons. The minimum atomic E-state index is 1.15. The van der Waals surface area contributed by atoms with E-state index in [-0.39, 0.29) is 0 Å². The van der Waals surface area contributed by atoms with Crippen molar-refractivity contribution in [1.29, 1.82) is 0 Å². The molecule has 0 aliphatic rings. The average molecular weight is 138 g/mol. The fourth-order valence-electron chi connectivity index (χ4n) is 1.16. The summed E-state index contributed by atoms with van der Waals surface area (Å²) in [5.41, 5.74) is 2.55. The van der Waals surface area contributed by atoms with Gasteiger partial charge < -0.3 is 0 Å². The lowest BCUT2D eigenvalue weighted by Gasteiger charge is -1.90. The highest BCUT2D eigenvalue weighted by molar-refractivity contribution is 5.14. The third-order valence-corrected chi connectivity index (χ3v) is 1.63. The van der Waals surface area contributed by atoms with Crippen LogP contribution in [0, 0.1) is 6.92 Å². The predicted octanol–water partition coefficient (Wildman–Crippen LogP) is 1.68. The smallest absolute Gasteiger partial charge is 0.0625 e. The molecule has 0 fully saturated rings. The van der Waals surface area contributed by atoms with Gasteiger partial charge in [0.2, 0.25) is 0 Å². The Kier molecular flexibility index (Phi) is 2.10. The molecule has 1 aromatic rings. The van der Waals surface area contributed by atoms with Crippen LogP contribution in [0.3, 0.4) is 0 Å². The molecule has 0 aliphatic heterocycles. The topological polar surface area (TPSA) is 17.8 Å². The second kappa shape index (κ2) is 2.86. The molecule has 0 amide bonds. The van der Waals surface area contributed by atoms with Gasteiger partial charge in [-0.1, -0.05) is 13.3 Å². The molecule has 10 heavy (non-hydrogen) atoms. The van der Waals surface area contributed by atoms with Crippen LogP contribution >= 0.6 is 0 Å². The monoisotopic (exact) mass is 138 g/mol. The van der Waals surface area contributed by atoms with E-state index in [9.17, 15) is 0 Å². The second-order valence-corrected chi connectivity index (χ2v) is 2.66. The van der Waals surface area contributed by atoms with Crippen molar-refractivity contribution in [2.45, 2.75) is 26.7 Å².